The zero-order valence-electron chi connectivity index (χ0n) is 9.74. The predicted molar refractivity (Wildman–Crippen MR) is 63.0 cm³/mol. The van der Waals surface area contributed by atoms with E-state index in [1.165, 1.54) is 17.3 Å². The van der Waals surface area contributed by atoms with Crippen molar-refractivity contribution in [3.63, 3.8) is 0 Å². The average Bonchev–Trinajstić information content (AvgIpc) is 3.13. The molecule has 7 heteroatoms. The quantitative estimate of drug-likeness (QED) is 0.806. The van der Waals surface area contributed by atoms with E-state index < -0.39 is 12.0 Å². The Hall–Kier alpha value is -2.18. The fourth-order valence-electron chi connectivity index (χ4n) is 1.53. The second kappa shape index (κ2) is 5.44. The molecule has 0 radical (unpaired) electrons. The lowest BCUT2D eigenvalue weighted by molar-refractivity contribution is -0.137. The number of carboxylic acids is 1. The lowest BCUT2D eigenvalue weighted by Gasteiger charge is -2.20. The van der Waals surface area contributed by atoms with Gasteiger partial charge in [-0.1, -0.05) is 0 Å². The minimum atomic E-state index is -1.03. The number of nitrogens with one attached hydrogen (secondary N) is 1. The standard InChI is InChI=1S/C11H14N4O3/c16-9(17)7-15(6-8-2-3-8)11(18)14-10-12-4-1-5-13-10/h1,4-5,8H,2-3,6-7H2,(H,16,17)(H,12,13,14,18). The Kier molecular flexibility index (Phi) is 3.71. The van der Waals surface area contributed by atoms with Gasteiger partial charge in [-0.25, -0.2) is 14.8 Å². The van der Waals surface area contributed by atoms with Gasteiger partial charge in [0.05, 0.1) is 0 Å². The molecule has 0 bridgehead atoms. The van der Waals surface area contributed by atoms with Crippen molar-refractivity contribution in [2.75, 3.05) is 18.4 Å². The van der Waals surface area contributed by atoms with Crippen LogP contribution in [0, 0.1) is 5.92 Å². The number of hydrogen-bond donors (Lipinski definition) is 2. The van der Waals surface area contributed by atoms with Crippen LogP contribution in [0.3, 0.4) is 0 Å². The summed E-state index contributed by atoms with van der Waals surface area (Å²) < 4.78 is 0. The highest BCUT2D eigenvalue weighted by Gasteiger charge is 2.28. The Balaban J connectivity index is 1.95. The molecular weight excluding hydrogens is 236 g/mol. The Bertz CT molecular complexity index is 433. The molecule has 1 aliphatic carbocycles. The molecule has 18 heavy (non-hydrogen) atoms. The largest absolute Gasteiger partial charge is 0.480 e. The summed E-state index contributed by atoms with van der Waals surface area (Å²) in [7, 11) is 0. The van der Waals surface area contributed by atoms with Crippen molar-refractivity contribution >= 4 is 17.9 Å². The van der Waals surface area contributed by atoms with Crippen LogP contribution in [0.2, 0.25) is 0 Å². The van der Waals surface area contributed by atoms with Gasteiger partial charge in [0.15, 0.2) is 0 Å². The van der Waals surface area contributed by atoms with E-state index in [1.54, 1.807) is 6.07 Å². The maximum Gasteiger partial charge on any atom is 0.324 e. The maximum atomic E-state index is 11.9. The summed E-state index contributed by atoms with van der Waals surface area (Å²) in [4.78, 5) is 31.6. The van der Waals surface area contributed by atoms with Crippen LogP contribution in [0.15, 0.2) is 18.5 Å². The van der Waals surface area contributed by atoms with Crippen LogP contribution in [0.5, 0.6) is 0 Å². The second-order valence-corrected chi connectivity index (χ2v) is 4.22. The van der Waals surface area contributed by atoms with Gasteiger partial charge in [-0.2, -0.15) is 0 Å². The molecule has 2 amide bonds. The Morgan fingerprint density at radius 1 is 1.39 bits per heavy atom. The number of carbonyl (C=O) groups is 2. The first-order chi connectivity index (χ1) is 8.65. The molecular formula is C11H14N4O3. The normalized spacial score (nSPS) is 14.0. The summed E-state index contributed by atoms with van der Waals surface area (Å²) >= 11 is 0. The smallest absolute Gasteiger partial charge is 0.324 e. The van der Waals surface area contributed by atoms with Gasteiger partial charge in [-0.15, -0.1) is 0 Å². The lowest BCUT2D eigenvalue weighted by Crippen LogP contribution is -2.40. The average molecular weight is 250 g/mol. The number of urea groups is 1. The fourth-order valence-corrected chi connectivity index (χ4v) is 1.53. The highest BCUT2D eigenvalue weighted by atomic mass is 16.4. The van der Waals surface area contributed by atoms with Gasteiger partial charge in [0.25, 0.3) is 0 Å². The molecule has 1 fully saturated rings. The molecule has 2 rings (SSSR count). The maximum absolute atomic E-state index is 11.9. The molecule has 0 aliphatic heterocycles. The van der Waals surface area contributed by atoms with Crippen LogP contribution >= 0.6 is 0 Å². The van der Waals surface area contributed by atoms with Crippen molar-refractivity contribution < 1.29 is 14.7 Å². The van der Waals surface area contributed by atoms with E-state index in [0.29, 0.717) is 12.5 Å². The number of anilines is 1. The highest BCUT2D eigenvalue weighted by Crippen LogP contribution is 2.29. The third-order valence-electron chi connectivity index (χ3n) is 2.57. The van der Waals surface area contributed by atoms with Crippen molar-refractivity contribution in [3.05, 3.63) is 18.5 Å². The van der Waals surface area contributed by atoms with E-state index >= 15 is 0 Å². The molecule has 7 nitrogen and oxygen atoms in total. The van der Waals surface area contributed by atoms with E-state index in [1.807, 2.05) is 0 Å². The topological polar surface area (TPSA) is 95.4 Å². The Morgan fingerprint density at radius 3 is 2.61 bits per heavy atom. The van der Waals surface area contributed by atoms with Crippen LogP contribution in [0.25, 0.3) is 0 Å². The zero-order chi connectivity index (χ0) is 13.0. The third-order valence-corrected chi connectivity index (χ3v) is 2.57. The summed E-state index contributed by atoms with van der Waals surface area (Å²) in [5.74, 6) is -0.430. The molecule has 1 saturated carbocycles. The summed E-state index contributed by atoms with van der Waals surface area (Å²) in [5.41, 5.74) is 0. The lowest BCUT2D eigenvalue weighted by atomic mass is 10.4. The van der Waals surface area contributed by atoms with Gasteiger partial charge >= 0.3 is 12.0 Å². The number of hydrogen-bond acceptors (Lipinski definition) is 4. The number of carboxylic acid groups (broad SMARTS) is 1. The van der Waals surface area contributed by atoms with Crippen molar-refractivity contribution in [2.45, 2.75) is 12.8 Å². The fraction of sp³-hybridized carbons (Fsp3) is 0.455. The van der Waals surface area contributed by atoms with Gasteiger partial charge < -0.3 is 10.0 Å². The molecule has 0 aromatic carbocycles. The van der Waals surface area contributed by atoms with Gasteiger partial charge in [-0.3, -0.25) is 10.1 Å². The number of aliphatic carboxylic acids is 1. The Labute approximate surface area is 104 Å². The Morgan fingerprint density at radius 2 is 2.06 bits per heavy atom. The highest BCUT2D eigenvalue weighted by molar-refractivity contribution is 5.89. The molecule has 1 aromatic rings. The van der Waals surface area contributed by atoms with Crippen molar-refractivity contribution in [1.82, 2.24) is 14.9 Å². The monoisotopic (exact) mass is 250 g/mol. The molecule has 96 valence electrons. The third kappa shape index (κ3) is 3.69. The summed E-state index contributed by atoms with van der Waals surface area (Å²) in [6, 6.07) is 1.16. The van der Waals surface area contributed by atoms with Gasteiger partial charge in [-0.05, 0) is 24.8 Å². The SMILES string of the molecule is O=C(O)CN(CC1CC1)C(=O)Nc1ncccn1. The van der Waals surface area contributed by atoms with Crippen molar-refractivity contribution in [3.8, 4) is 0 Å². The molecule has 0 spiro atoms. The molecule has 1 aromatic heterocycles. The number of amides is 2. The first kappa shape index (κ1) is 12.3. The van der Waals surface area contributed by atoms with E-state index in [9.17, 15) is 9.59 Å². The predicted octanol–water partition coefficient (Wildman–Crippen LogP) is 0.805. The van der Waals surface area contributed by atoms with Crippen LogP contribution in [0.1, 0.15) is 12.8 Å². The van der Waals surface area contributed by atoms with Crippen LogP contribution in [0.4, 0.5) is 10.7 Å². The minimum absolute atomic E-state index is 0.175. The molecule has 0 saturated heterocycles. The summed E-state index contributed by atoms with van der Waals surface area (Å²) in [6.45, 7) is 0.153. The molecule has 0 unspecified atom stereocenters. The first-order valence-corrected chi connectivity index (χ1v) is 5.70. The second-order valence-electron chi connectivity index (χ2n) is 4.22. The molecule has 2 N–H and O–H groups in total. The van der Waals surface area contributed by atoms with Crippen molar-refractivity contribution in [1.29, 1.82) is 0 Å². The number of nitrogens with zero attached hydrogens (tertiary/aromatic N) is 3. The van der Waals surface area contributed by atoms with E-state index in [0.717, 1.165) is 12.8 Å². The van der Waals surface area contributed by atoms with Crippen molar-refractivity contribution in [2.24, 2.45) is 5.92 Å². The number of rotatable bonds is 5. The molecule has 1 heterocycles. The first-order valence-electron chi connectivity index (χ1n) is 5.70. The molecule has 0 atom stereocenters. The minimum Gasteiger partial charge on any atom is -0.480 e. The van der Waals surface area contributed by atoms with Crippen LogP contribution in [-0.4, -0.2) is 45.1 Å². The van der Waals surface area contributed by atoms with Crippen LogP contribution in [-0.2, 0) is 4.79 Å². The van der Waals surface area contributed by atoms with Gasteiger partial charge in [0, 0.05) is 18.9 Å². The number of aromatic nitrogens is 2. The number of carbonyl (C=O) groups excluding carboxylic acids is 1. The van der Waals surface area contributed by atoms with E-state index in [-0.39, 0.29) is 12.5 Å². The van der Waals surface area contributed by atoms with E-state index in [2.05, 4.69) is 15.3 Å². The van der Waals surface area contributed by atoms with Gasteiger partial charge in [0.2, 0.25) is 5.95 Å². The summed E-state index contributed by atoms with van der Waals surface area (Å²) in [6.07, 6.45) is 5.10. The summed E-state index contributed by atoms with van der Waals surface area (Å²) in [5, 5.41) is 11.3. The zero-order valence-corrected chi connectivity index (χ0v) is 9.74. The van der Waals surface area contributed by atoms with E-state index in [4.69, 9.17) is 5.11 Å². The molecule has 1 aliphatic rings. The van der Waals surface area contributed by atoms with Crippen LogP contribution < -0.4 is 5.32 Å². The van der Waals surface area contributed by atoms with Gasteiger partial charge in [0.1, 0.15) is 6.54 Å².